The van der Waals surface area contributed by atoms with Crippen LogP contribution in [-0.2, 0) is 5.60 Å². The van der Waals surface area contributed by atoms with Crippen molar-refractivity contribution in [3.63, 3.8) is 0 Å². The lowest BCUT2D eigenvalue weighted by atomic mass is 9.96. The Labute approximate surface area is 109 Å². The molecule has 0 aliphatic heterocycles. The molecule has 0 bridgehead atoms. The third kappa shape index (κ3) is 2.47. The third-order valence-corrected chi connectivity index (χ3v) is 3.28. The Morgan fingerprint density at radius 2 is 1.47 bits per heavy atom. The van der Waals surface area contributed by atoms with E-state index in [0.29, 0.717) is 0 Å². The van der Waals surface area contributed by atoms with Gasteiger partial charge in [0.25, 0.3) is 0 Å². The Bertz CT molecular complexity index is 457. The smallest absolute Gasteiger partial charge is 0.222 e. The van der Waals surface area contributed by atoms with Gasteiger partial charge in [-0.2, -0.15) is 0 Å². The van der Waals surface area contributed by atoms with Gasteiger partial charge in [-0.3, -0.25) is 0 Å². The monoisotopic (exact) mass is 310 g/mol. The minimum Gasteiger partial charge on any atom is -0.381 e. The molecule has 0 aliphatic rings. The second-order valence-corrected chi connectivity index (χ2v) is 5.70. The minimum absolute atomic E-state index is 0.232. The van der Waals surface area contributed by atoms with Gasteiger partial charge in [-0.25, -0.2) is 17.6 Å². The molecule has 1 atom stereocenters. The fourth-order valence-corrected chi connectivity index (χ4v) is 1.39. The minimum atomic E-state index is -2.53. The molecule has 0 saturated carbocycles. The maximum Gasteiger partial charge on any atom is 0.222 e. The second-order valence-electron chi connectivity index (χ2n) is 3.42. The summed E-state index contributed by atoms with van der Waals surface area (Å²) in [7, 11) is 0. The average molecular weight is 311 g/mol. The Morgan fingerprint density at radius 1 is 1.00 bits per heavy atom. The van der Waals surface area contributed by atoms with Gasteiger partial charge in [-0.15, -0.1) is 0 Å². The van der Waals surface area contributed by atoms with Gasteiger partial charge in [0.1, 0.15) is 5.60 Å². The normalized spacial score (nSPS) is 15.8. The van der Waals surface area contributed by atoms with E-state index >= 15 is 0 Å². The first-order valence-corrected chi connectivity index (χ1v) is 5.26. The van der Waals surface area contributed by atoms with Gasteiger partial charge >= 0.3 is 0 Å². The van der Waals surface area contributed by atoms with Crippen molar-refractivity contribution in [2.75, 3.05) is 0 Å². The third-order valence-electron chi connectivity index (χ3n) is 2.18. The summed E-state index contributed by atoms with van der Waals surface area (Å²) in [5.41, 5.74) is -3.52. The van der Waals surface area contributed by atoms with E-state index < -0.39 is 38.2 Å². The highest BCUT2D eigenvalue weighted by atomic mass is 35.6. The van der Waals surface area contributed by atoms with Gasteiger partial charge in [0, 0.05) is 5.56 Å². The summed E-state index contributed by atoms with van der Waals surface area (Å²) < 4.78 is 49.4. The summed E-state index contributed by atoms with van der Waals surface area (Å²) >= 11 is 16.1. The molecule has 0 aromatic heterocycles. The molecule has 96 valence electrons. The number of hydrogen-bond donors (Lipinski definition) is 1. The average Bonchev–Trinajstić information content (AvgIpc) is 2.18. The number of halogens is 7. The lowest BCUT2D eigenvalue weighted by molar-refractivity contribution is 0.0559. The zero-order chi connectivity index (χ0) is 13.6. The molecule has 0 radical (unpaired) electrons. The zero-order valence-electron chi connectivity index (χ0n) is 8.17. The molecule has 1 aromatic carbocycles. The van der Waals surface area contributed by atoms with Crippen molar-refractivity contribution < 1.29 is 22.7 Å². The summed E-state index contributed by atoms with van der Waals surface area (Å²) in [4.78, 5) is 0. The van der Waals surface area contributed by atoms with Crippen LogP contribution in [-0.4, -0.2) is 8.90 Å². The first kappa shape index (κ1) is 14.8. The van der Waals surface area contributed by atoms with Crippen molar-refractivity contribution in [2.45, 2.75) is 16.3 Å². The van der Waals surface area contributed by atoms with Crippen molar-refractivity contribution >= 4 is 34.8 Å². The van der Waals surface area contributed by atoms with Gasteiger partial charge < -0.3 is 5.11 Å². The molecule has 0 spiro atoms. The van der Waals surface area contributed by atoms with Crippen molar-refractivity contribution in [1.29, 1.82) is 0 Å². The van der Waals surface area contributed by atoms with Crippen LogP contribution in [0.25, 0.3) is 0 Å². The molecule has 0 amide bonds. The Hall–Kier alpha value is -0.230. The van der Waals surface area contributed by atoms with E-state index in [1.165, 1.54) is 0 Å². The van der Waals surface area contributed by atoms with Gasteiger partial charge in [-0.05, 0) is 13.0 Å². The quantitative estimate of drug-likeness (QED) is 0.362. The maximum absolute atomic E-state index is 13.4. The molecule has 1 aromatic rings. The molecule has 0 aliphatic carbocycles. The lowest BCUT2D eigenvalue weighted by Crippen LogP contribution is -2.38. The van der Waals surface area contributed by atoms with Crippen LogP contribution >= 0.6 is 34.8 Å². The molecule has 8 heteroatoms. The summed E-state index contributed by atoms with van der Waals surface area (Å²) in [6.45, 7) is 0.829. The molecule has 1 rings (SSSR count). The van der Waals surface area contributed by atoms with Gasteiger partial charge in [-0.1, -0.05) is 34.8 Å². The van der Waals surface area contributed by atoms with Crippen LogP contribution in [0.2, 0.25) is 0 Å². The van der Waals surface area contributed by atoms with Crippen LogP contribution in [0.4, 0.5) is 17.6 Å². The molecular formula is C9H5Cl3F4O. The number of benzene rings is 1. The van der Waals surface area contributed by atoms with E-state index in [9.17, 15) is 22.7 Å². The van der Waals surface area contributed by atoms with Crippen LogP contribution < -0.4 is 0 Å². The standard InChI is InChI=1S/C9H5Cl3F4O/c1-8(17,9(10,11)12)3-2-4(13)6(15)7(16)5(3)14/h2,17H,1H3. The van der Waals surface area contributed by atoms with Gasteiger partial charge in [0.2, 0.25) is 3.79 Å². The first-order chi connectivity index (χ1) is 7.50. The van der Waals surface area contributed by atoms with Gasteiger partial charge in [0.15, 0.2) is 23.3 Å². The molecule has 17 heavy (non-hydrogen) atoms. The highest BCUT2D eigenvalue weighted by Crippen LogP contribution is 2.45. The summed E-state index contributed by atoms with van der Waals surface area (Å²) in [5, 5.41) is 9.75. The molecule has 1 unspecified atom stereocenters. The molecule has 1 nitrogen and oxygen atoms in total. The van der Waals surface area contributed by atoms with Gasteiger partial charge in [0.05, 0.1) is 0 Å². The first-order valence-electron chi connectivity index (χ1n) is 4.12. The molecule has 0 fully saturated rings. The predicted molar refractivity (Wildman–Crippen MR) is 56.1 cm³/mol. The summed E-state index contributed by atoms with van der Waals surface area (Å²) in [6.07, 6.45) is 0. The SMILES string of the molecule is CC(O)(c1cc(F)c(F)c(F)c1F)C(Cl)(Cl)Cl. The highest BCUT2D eigenvalue weighted by Gasteiger charge is 2.47. The fraction of sp³-hybridized carbons (Fsp3) is 0.333. The van der Waals surface area contributed by atoms with E-state index in [1.807, 2.05) is 0 Å². The lowest BCUT2D eigenvalue weighted by Gasteiger charge is -2.31. The molecular weight excluding hydrogens is 306 g/mol. The van der Waals surface area contributed by atoms with Crippen molar-refractivity contribution in [1.82, 2.24) is 0 Å². The fourth-order valence-electron chi connectivity index (χ4n) is 1.08. The highest BCUT2D eigenvalue weighted by molar-refractivity contribution is 6.68. The Kier molecular flexibility index (Phi) is 3.89. The number of rotatable bonds is 1. The zero-order valence-corrected chi connectivity index (χ0v) is 10.4. The Morgan fingerprint density at radius 3 is 1.88 bits per heavy atom. The molecule has 1 N–H and O–H groups in total. The second kappa shape index (κ2) is 4.46. The predicted octanol–water partition coefficient (Wildman–Crippen LogP) is 3.82. The van der Waals surface area contributed by atoms with E-state index in [1.54, 1.807) is 0 Å². The summed E-state index contributed by atoms with van der Waals surface area (Å²) in [6, 6.07) is 0.232. The van der Waals surface area contributed by atoms with Crippen molar-refractivity contribution in [3.8, 4) is 0 Å². The van der Waals surface area contributed by atoms with Crippen molar-refractivity contribution in [3.05, 3.63) is 34.9 Å². The van der Waals surface area contributed by atoms with E-state index in [4.69, 9.17) is 34.8 Å². The topological polar surface area (TPSA) is 20.2 Å². The van der Waals surface area contributed by atoms with E-state index in [2.05, 4.69) is 0 Å². The summed E-state index contributed by atoms with van der Waals surface area (Å²) in [5.74, 6) is -7.62. The van der Waals surface area contributed by atoms with Crippen LogP contribution in [0, 0.1) is 23.3 Å². The number of aliphatic hydroxyl groups is 1. The number of hydrogen-bond acceptors (Lipinski definition) is 1. The molecule has 0 saturated heterocycles. The maximum atomic E-state index is 13.4. The largest absolute Gasteiger partial charge is 0.381 e. The van der Waals surface area contributed by atoms with Crippen LogP contribution in [0.1, 0.15) is 12.5 Å². The Balaban J connectivity index is 3.54. The van der Waals surface area contributed by atoms with Crippen molar-refractivity contribution in [2.24, 2.45) is 0 Å². The van der Waals surface area contributed by atoms with Crippen LogP contribution in [0.15, 0.2) is 6.07 Å². The molecule has 0 heterocycles. The van der Waals surface area contributed by atoms with Crippen LogP contribution in [0.3, 0.4) is 0 Å². The van der Waals surface area contributed by atoms with Crippen LogP contribution in [0.5, 0.6) is 0 Å². The number of alkyl halides is 3. The van der Waals surface area contributed by atoms with E-state index in [0.717, 1.165) is 6.92 Å². The van der Waals surface area contributed by atoms with E-state index in [-0.39, 0.29) is 6.07 Å².